The fourth-order valence-corrected chi connectivity index (χ4v) is 3.24. The zero-order valence-electron chi connectivity index (χ0n) is 14.2. The highest BCUT2D eigenvalue weighted by Crippen LogP contribution is 2.13. The molecule has 2 amide bonds. The Kier molecular flexibility index (Phi) is 6.91. The van der Waals surface area contributed by atoms with E-state index in [0.29, 0.717) is 19.6 Å². The molecule has 1 saturated heterocycles. The van der Waals surface area contributed by atoms with Gasteiger partial charge in [-0.3, -0.25) is 14.5 Å². The third kappa shape index (κ3) is 6.11. The number of amides is 2. The lowest BCUT2D eigenvalue weighted by Crippen LogP contribution is -2.56. The van der Waals surface area contributed by atoms with E-state index in [0.717, 1.165) is 5.56 Å². The van der Waals surface area contributed by atoms with Crippen LogP contribution in [0.2, 0.25) is 0 Å². The maximum atomic E-state index is 12.2. The predicted octanol–water partition coefficient (Wildman–Crippen LogP) is -0.957. The first kappa shape index (κ1) is 19.4. The van der Waals surface area contributed by atoms with E-state index in [1.807, 2.05) is 35.2 Å². The topological polar surface area (TPSA) is 108 Å². The lowest BCUT2D eigenvalue weighted by Gasteiger charge is -2.34. The first-order valence-corrected chi connectivity index (χ1v) is 9.80. The van der Waals surface area contributed by atoms with Crippen LogP contribution in [-0.4, -0.2) is 63.6 Å². The highest BCUT2D eigenvalue weighted by atomic mass is 32.2. The van der Waals surface area contributed by atoms with E-state index < -0.39 is 16.1 Å². The van der Waals surface area contributed by atoms with Gasteiger partial charge in [-0.15, -0.1) is 0 Å². The normalized spacial score (nSPS) is 18.6. The molecule has 0 unspecified atom stereocenters. The molecule has 0 spiro atoms. The van der Waals surface area contributed by atoms with Gasteiger partial charge in [0, 0.05) is 26.2 Å². The van der Waals surface area contributed by atoms with Gasteiger partial charge >= 0.3 is 0 Å². The van der Waals surface area contributed by atoms with Crippen LogP contribution in [0.4, 0.5) is 0 Å². The minimum Gasteiger partial charge on any atom is -0.355 e. The van der Waals surface area contributed by atoms with Gasteiger partial charge in [-0.05, 0) is 12.6 Å². The molecule has 0 aromatic heterocycles. The summed E-state index contributed by atoms with van der Waals surface area (Å²) in [4.78, 5) is 26.2. The standard InChI is InChI=1S/C16H24N4O4S/c1-17-25(23,24)10-8-18-15(21)11-14-16(22)19-7-9-20(14)12-13-5-3-2-4-6-13/h2-6,14,17H,7-12H2,1H3,(H,18,21)(H,19,22)/t14-/m0/s1. The summed E-state index contributed by atoms with van der Waals surface area (Å²) in [6, 6.07) is 9.19. The van der Waals surface area contributed by atoms with Gasteiger partial charge in [0.1, 0.15) is 0 Å². The van der Waals surface area contributed by atoms with Gasteiger partial charge in [0.25, 0.3) is 0 Å². The molecule has 0 bridgehead atoms. The second kappa shape index (κ2) is 8.93. The number of sulfonamides is 1. The molecule has 1 aromatic carbocycles. The summed E-state index contributed by atoms with van der Waals surface area (Å²) < 4.78 is 24.9. The van der Waals surface area contributed by atoms with Crippen molar-refractivity contribution in [3.63, 3.8) is 0 Å². The van der Waals surface area contributed by atoms with Crippen LogP contribution in [0.15, 0.2) is 30.3 Å². The van der Waals surface area contributed by atoms with Crippen molar-refractivity contribution in [1.82, 2.24) is 20.3 Å². The molecule has 3 N–H and O–H groups in total. The molecule has 1 aliphatic heterocycles. The Bertz CT molecular complexity index is 693. The van der Waals surface area contributed by atoms with Gasteiger partial charge in [-0.25, -0.2) is 13.1 Å². The Hall–Kier alpha value is -1.97. The molecule has 1 atom stereocenters. The largest absolute Gasteiger partial charge is 0.355 e. The predicted molar refractivity (Wildman–Crippen MR) is 94.1 cm³/mol. The average Bonchev–Trinajstić information content (AvgIpc) is 2.59. The van der Waals surface area contributed by atoms with E-state index in [-0.39, 0.29) is 30.5 Å². The molecule has 1 fully saturated rings. The molecule has 1 aromatic rings. The third-order valence-corrected chi connectivity index (χ3v) is 5.42. The van der Waals surface area contributed by atoms with E-state index in [1.54, 1.807) is 0 Å². The molecule has 25 heavy (non-hydrogen) atoms. The van der Waals surface area contributed by atoms with E-state index in [1.165, 1.54) is 7.05 Å². The zero-order valence-corrected chi connectivity index (χ0v) is 15.0. The van der Waals surface area contributed by atoms with E-state index in [2.05, 4.69) is 15.4 Å². The number of piperazine rings is 1. The Balaban J connectivity index is 1.91. The molecular formula is C16H24N4O4S. The lowest BCUT2D eigenvalue weighted by molar-refractivity contribution is -0.134. The van der Waals surface area contributed by atoms with Crippen LogP contribution in [-0.2, 0) is 26.2 Å². The van der Waals surface area contributed by atoms with Crippen molar-refractivity contribution in [3.05, 3.63) is 35.9 Å². The van der Waals surface area contributed by atoms with Crippen LogP contribution < -0.4 is 15.4 Å². The lowest BCUT2D eigenvalue weighted by atomic mass is 10.1. The first-order chi connectivity index (χ1) is 11.9. The minimum absolute atomic E-state index is 0.00172. The number of hydrogen-bond acceptors (Lipinski definition) is 5. The van der Waals surface area contributed by atoms with E-state index in [4.69, 9.17) is 0 Å². The van der Waals surface area contributed by atoms with E-state index >= 15 is 0 Å². The summed E-state index contributed by atoms with van der Waals surface area (Å²) >= 11 is 0. The minimum atomic E-state index is -3.36. The number of rotatable bonds is 8. The molecule has 1 heterocycles. The maximum Gasteiger partial charge on any atom is 0.237 e. The maximum absolute atomic E-state index is 12.2. The second-order valence-corrected chi connectivity index (χ2v) is 7.89. The number of nitrogens with one attached hydrogen (secondary N) is 3. The van der Waals surface area contributed by atoms with Crippen LogP contribution in [0.5, 0.6) is 0 Å². The smallest absolute Gasteiger partial charge is 0.237 e. The Morgan fingerprint density at radius 1 is 1.32 bits per heavy atom. The number of nitrogens with zero attached hydrogens (tertiary/aromatic N) is 1. The molecule has 2 rings (SSSR count). The van der Waals surface area contributed by atoms with Crippen LogP contribution >= 0.6 is 0 Å². The summed E-state index contributed by atoms with van der Waals surface area (Å²) in [6.07, 6.45) is -0.00172. The van der Waals surface area contributed by atoms with Crippen LogP contribution in [0.1, 0.15) is 12.0 Å². The molecule has 9 heteroatoms. The summed E-state index contributed by atoms with van der Waals surface area (Å²) in [5.74, 6) is -0.716. The SMILES string of the molecule is CNS(=O)(=O)CCNC(=O)C[C@H]1C(=O)NCCN1Cc1ccccc1. The van der Waals surface area contributed by atoms with Gasteiger partial charge in [-0.2, -0.15) is 0 Å². The van der Waals surface area contributed by atoms with Gasteiger partial charge in [-0.1, -0.05) is 30.3 Å². The summed E-state index contributed by atoms with van der Waals surface area (Å²) in [5, 5.41) is 5.34. The quantitative estimate of drug-likeness (QED) is 0.548. The zero-order chi connectivity index (χ0) is 18.3. The fraction of sp³-hybridized carbons (Fsp3) is 0.500. The monoisotopic (exact) mass is 368 g/mol. The van der Waals surface area contributed by atoms with Gasteiger partial charge < -0.3 is 10.6 Å². The number of benzene rings is 1. The van der Waals surface area contributed by atoms with Crippen LogP contribution in [0.3, 0.4) is 0 Å². The molecule has 0 saturated carbocycles. The average molecular weight is 368 g/mol. The number of hydrogen-bond donors (Lipinski definition) is 3. The molecule has 1 aliphatic rings. The second-order valence-electron chi connectivity index (χ2n) is 5.84. The van der Waals surface area contributed by atoms with Crippen molar-refractivity contribution in [2.45, 2.75) is 19.0 Å². The molecule has 138 valence electrons. The van der Waals surface area contributed by atoms with Crippen molar-refractivity contribution in [3.8, 4) is 0 Å². The Morgan fingerprint density at radius 3 is 2.72 bits per heavy atom. The molecule has 0 aliphatic carbocycles. The van der Waals surface area contributed by atoms with Gasteiger partial charge in [0.05, 0.1) is 18.2 Å². The van der Waals surface area contributed by atoms with Crippen LogP contribution in [0.25, 0.3) is 0 Å². The van der Waals surface area contributed by atoms with Crippen molar-refractivity contribution in [2.75, 3.05) is 32.4 Å². The fourth-order valence-electron chi connectivity index (χ4n) is 2.67. The van der Waals surface area contributed by atoms with Crippen molar-refractivity contribution in [2.24, 2.45) is 0 Å². The molecule has 0 radical (unpaired) electrons. The van der Waals surface area contributed by atoms with Gasteiger partial charge in [0.2, 0.25) is 21.8 Å². The Morgan fingerprint density at radius 2 is 2.04 bits per heavy atom. The highest BCUT2D eigenvalue weighted by molar-refractivity contribution is 7.89. The van der Waals surface area contributed by atoms with Crippen molar-refractivity contribution in [1.29, 1.82) is 0 Å². The summed E-state index contributed by atoms with van der Waals surface area (Å²) in [6.45, 7) is 1.80. The van der Waals surface area contributed by atoms with Gasteiger partial charge in [0.15, 0.2) is 0 Å². The van der Waals surface area contributed by atoms with Crippen molar-refractivity contribution >= 4 is 21.8 Å². The van der Waals surface area contributed by atoms with Crippen molar-refractivity contribution < 1.29 is 18.0 Å². The summed E-state index contributed by atoms with van der Waals surface area (Å²) in [5.41, 5.74) is 1.07. The third-order valence-electron chi connectivity index (χ3n) is 4.05. The molecular weight excluding hydrogens is 344 g/mol. The van der Waals surface area contributed by atoms with Crippen LogP contribution in [0, 0.1) is 0 Å². The highest BCUT2D eigenvalue weighted by Gasteiger charge is 2.31. The Labute approximate surface area is 148 Å². The first-order valence-electron chi connectivity index (χ1n) is 8.15. The van der Waals surface area contributed by atoms with E-state index in [9.17, 15) is 18.0 Å². The number of carbonyl (C=O) groups is 2. The molecule has 8 nitrogen and oxygen atoms in total. The number of carbonyl (C=O) groups excluding carboxylic acids is 2. The summed E-state index contributed by atoms with van der Waals surface area (Å²) in [7, 11) is -2.04.